The number of hydrogen-bond donors (Lipinski definition) is 1. The van der Waals surface area contributed by atoms with Crippen LogP contribution in [0.15, 0.2) is 24.5 Å². The van der Waals surface area contributed by atoms with E-state index in [1.54, 1.807) is 6.20 Å². The van der Waals surface area contributed by atoms with Crippen LogP contribution in [-0.4, -0.2) is 64.6 Å². The van der Waals surface area contributed by atoms with Crippen molar-refractivity contribution in [3.05, 3.63) is 30.1 Å². The van der Waals surface area contributed by atoms with Crippen LogP contribution in [0.3, 0.4) is 0 Å². The molecule has 1 aromatic heterocycles. The van der Waals surface area contributed by atoms with Crippen molar-refractivity contribution >= 4 is 5.91 Å². The molecule has 5 heteroatoms. The second kappa shape index (κ2) is 6.81. The monoisotopic (exact) mass is 331 g/mol. The maximum absolute atomic E-state index is 12.7. The summed E-state index contributed by atoms with van der Waals surface area (Å²) < 4.78 is 0. The van der Waals surface area contributed by atoms with Gasteiger partial charge in [0, 0.05) is 51.0 Å². The maximum atomic E-state index is 12.7. The van der Waals surface area contributed by atoms with Crippen LogP contribution in [0.1, 0.15) is 38.7 Å². The first-order valence-corrected chi connectivity index (χ1v) is 8.95. The number of aliphatic hydroxyl groups is 1. The Kier molecular flexibility index (Phi) is 4.92. The number of β-amino-alcohol motifs (C(OH)–C–C–N with tert-alkyl or cyclic N) is 1. The Bertz CT molecular complexity index is 562. The molecule has 1 saturated heterocycles. The zero-order valence-electron chi connectivity index (χ0n) is 15.0. The molecule has 0 bridgehead atoms. The number of rotatable bonds is 4. The van der Waals surface area contributed by atoms with E-state index >= 15 is 0 Å². The summed E-state index contributed by atoms with van der Waals surface area (Å²) in [5.41, 5.74) is 1.08. The van der Waals surface area contributed by atoms with Gasteiger partial charge in [0.1, 0.15) is 0 Å². The van der Waals surface area contributed by atoms with E-state index in [9.17, 15) is 9.90 Å². The van der Waals surface area contributed by atoms with Crippen LogP contribution < -0.4 is 0 Å². The highest BCUT2D eigenvalue weighted by atomic mass is 16.3. The molecule has 2 aliphatic rings. The van der Waals surface area contributed by atoms with E-state index in [4.69, 9.17) is 0 Å². The van der Waals surface area contributed by atoms with Crippen molar-refractivity contribution in [1.29, 1.82) is 0 Å². The van der Waals surface area contributed by atoms with Gasteiger partial charge in [-0.3, -0.25) is 14.7 Å². The number of nitrogens with zero attached hydrogens (tertiary/aromatic N) is 3. The molecule has 2 fully saturated rings. The third-order valence-electron chi connectivity index (χ3n) is 5.33. The average Bonchev–Trinajstić information content (AvgIpc) is 3.35. The molecule has 132 valence electrons. The Morgan fingerprint density at radius 2 is 2.04 bits per heavy atom. The van der Waals surface area contributed by atoms with Crippen LogP contribution >= 0.6 is 0 Å². The summed E-state index contributed by atoms with van der Waals surface area (Å²) in [5.74, 6) is 0.785. The van der Waals surface area contributed by atoms with E-state index in [0.29, 0.717) is 18.4 Å². The smallest absolute Gasteiger partial charge is 0.226 e. The number of amides is 1. The zero-order chi connectivity index (χ0) is 17.3. The van der Waals surface area contributed by atoms with Gasteiger partial charge in [-0.1, -0.05) is 26.8 Å². The second-order valence-corrected chi connectivity index (χ2v) is 8.24. The first kappa shape index (κ1) is 17.4. The summed E-state index contributed by atoms with van der Waals surface area (Å²) in [4.78, 5) is 21.1. The Morgan fingerprint density at radius 3 is 2.62 bits per heavy atom. The van der Waals surface area contributed by atoms with Gasteiger partial charge in [-0.15, -0.1) is 0 Å². The molecule has 3 atom stereocenters. The van der Waals surface area contributed by atoms with Crippen LogP contribution in [0.25, 0.3) is 0 Å². The lowest BCUT2D eigenvalue weighted by atomic mass is 9.89. The summed E-state index contributed by atoms with van der Waals surface area (Å²) in [6, 6.07) is 4.01. The zero-order valence-corrected chi connectivity index (χ0v) is 15.0. The van der Waals surface area contributed by atoms with Crippen LogP contribution in [0.2, 0.25) is 0 Å². The number of hydrogen-bond acceptors (Lipinski definition) is 4. The van der Waals surface area contributed by atoms with E-state index in [1.807, 2.05) is 17.2 Å². The largest absolute Gasteiger partial charge is 0.391 e. The Hall–Kier alpha value is -1.46. The predicted molar refractivity (Wildman–Crippen MR) is 93.6 cm³/mol. The van der Waals surface area contributed by atoms with Gasteiger partial charge in [0.25, 0.3) is 0 Å². The highest BCUT2D eigenvalue weighted by molar-refractivity contribution is 5.83. The van der Waals surface area contributed by atoms with Crippen LogP contribution in [0.5, 0.6) is 0 Å². The predicted octanol–water partition coefficient (Wildman–Crippen LogP) is 1.74. The van der Waals surface area contributed by atoms with E-state index in [1.165, 1.54) is 5.56 Å². The first-order valence-electron chi connectivity index (χ1n) is 8.95. The van der Waals surface area contributed by atoms with Crippen molar-refractivity contribution < 1.29 is 9.90 Å². The minimum Gasteiger partial charge on any atom is -0.391 e. The number of carbonyl (C=O) groups excluding carboxylic acids is 1. The molecule has 2 heterocycles. The normalized spacial score (nSPS) is 26.2. The van der Waals surface area contributed by atoms with Crippen LogP contribution in [-0.2, 0) is 4.79 Å². The summed E-state index contributed by atoms with van der Waals surface area (Å²) >= 11 is 0. The van der Waals surface area contributed by atoms with Gasteiger partial charge in [0.05, 0.1) is 6.10 Å². The SMILES string of the molecule is CC(C)(C)C(O)CN1CCN(C(=O)C2CC2c2cccnc2)CC1. The fourth-order valence-corrected chi connectivity index (χ4v) is 3.34. The third kappa shape index (κ3) is 3.95. The standard InChI is InChI=1S/C19H29N3O2/c1-19(2,3)17(23)13-21-7-9-22(10-8-21)18(24)16-11-15(16)14-5-4-6-20-12-14/h4-6,12,15-17,23H,7-11,13H2,1-3H3. The molecule has 1 aliphatic heterocycles. The Morgan fingerprint density at radius 1 is 1.33 bits per heavy atom. The minimum atomic E-state index is -0.335. The highest BCUT2D eigenvalue weighted by Gasteiger charge is 2.46. The first-order chi connectivity index (χ1) is 11.4. The van der Waals surface area contributed by atoms with Gasteiger partial charge in [-0.2, -0.15) is 0 Å². The van der Waals surface area contributed by atoms with Crippen molar-refractivity contribution in [2.75, 3.05) is 32.7 Å². The molecule has 1 aliphatic carbocycles. The lowest BCUT2D eigenvalue weighted by molar-refractivity contribution is -0.134. The van der Waals surface area contributed by atoms with Crippen molar-refractivity contribution in [2.24, 2.45) is 11.3 Å². The van der Waals surface area contributed by atoms with Crippen molar-refractivity contribution in [2.45, 2.75) is 39.2 Å². The van der Waals surface area contributed by atoms with Gasteiger partial charge in [0.15, 0.2) is 0 Å². The fourth-order valence-electron chi connectivity index (χ4n) is 3.34. The summed E-state index contributed by atoms with van der Waals surface area (Å²) in [6.07, 6.45) is 4.27. The topological polar surface area (TPSA) is 56.7 Å². The third-order valence-corrected chi connectivity index (χ3v) is 5.33. The lowest BCUT2D eigenvalue weighted by Crippen LogP contribution is -2.52. The molecule has 5 nitrogen and oxygen atoms in total. The molecule has 0 spiro atoms. The molecule has 3 rings (SSSR count). The van der Waals surface area contributed by atoms with Gasteiger partial charge < -0.3 is 10.0 Å². The van der Waals surface area contributed by atoms with E-state index in [-0.39, 0.29) is 17.4 Å². The van der Waals surface area contributed by atoms with Gasteiger partial charge in [-0.05, 0) is 29.4 Å². The van der Waals surface area contributed by atoms with Crippen molar-refractivity contribution in [3.8, 4) is 0 Å². The van der Waals surface area contributed by atoms with Crippen molar-refractivity contribution in [1.82, 2.24) is 14.8 Å². The molecular weight excluding hydrogens is 302 g/mol. The quantitative estimate of drug-likeness (QED) is 0.913. The van der Waals surface area contributed by atoms with Crippen LogP contribution in [0, 0.1) is 11.3 Å². The number of pyridine rings is 1. The van der Waals surface area contributed by atoms with E-state index < -0.39 is 0 Å². The molecule has 1 aromatic rings. The number of carbonyl (C=O) groups is 1. The second-order valence-electron chi connectivity index (χ2n) is 8.24. The van der Waals surface area contributed by atoms with E-state index in [2.05, 4.69) is 36.7 Å². The molecule has 1 saturated carbocycles. The minimum absolute atomic E-state index is 0.0993. The number of aromatic nitrogens is 1. The molecule has 1 amide bonds. The number of piperazine rings is 1. The molecule has 3 unspecified atom stereocenters. The Labute approximate surface area is 144 Å². The van der Waals surface area contributed by atoms with Crippen LogP contribution in [0.4, 0.5) is 0 Å². The van der Waals surface area contributed by atoms with E-state index in [0.717, 1.165) is 32.6 Å². The molecule has 0 radical (unpaired) electrons. The van der Waals surface area contributed by atoms with Crippen molar-refractivity contribution in [3.63, 3.8) is 0 Å². The maximum Gasteiger partial charge on any atom is 0.226 e. The fraction of sp³-hybridized carbons (Fsp3) is 0.684. The van der Waals surface area contributed by atoms with Gasteiger partial charge in [0.2, 0.25) is 5.91 Å². The summed E-state index contributed by atoms with van der Waals surface area (Å²) in [7, 11) is 0. The van der Waals surface area contributed by atoms with Gasteiger partial charge >= 0.3 is 0 Å². The molecule has 0 aromatic carbocycles. The lowest BCUT2D eigenvalue weighted by Gasteiger charge is -2.38. The Balaban J connectivity index is 1.47. The molecular formula is C19H29N3O2. The summed E-state index contributed by atoms with van der Waals surface area (Å²) in [6.45, 7) is 10.1. The average molecular weight is 331 g/mol. The number of aliphatic hydroxyl groups excluding tert-OH is 1. The van der Waals surface area contributed by atoms with Gasteiger partial charge in [-0.25, -0.2) is 0 Å². The molecule has 1 N–H and O–H groups in total. The summed E-state index contributed by atoms with van der Waals surface area (Å²) in [5, 5.41) is 10.2. The highest BCUT2D eigenvalue weighted by Crippen LogP contribution is 2.48. The molecule has 24 heavy (non-hydrogen) atoms.